The molecule has 32 heavy (non-hydrogen) atoms. The first-order chi connectivity index (χ1) is 15.3. The molecule has 8 heteroatoms. The molecule has 0 saturated heterocycles. The second-order valence-corrected chi connectivity index (χ2v) is 8.44. The van der Waals surface area contributed by atoms with Crippen LogP contribution in [0.2, 0.25) is 6.32 Å². The Morgan fingerprint density at radius 2 is 0.844 bits per heavy atom. The molecule has 0 heterocycles. The lowest BCUT2D eigenvalue weighted by Crippen LogP contribution is -2.72. The van der Waals surface area contributed by atoms with Crippen molar-refractivity contribution in [2.45, 2.75) is 26.1 Å². The van der Waals surface area contributed by atoms with Crippen LogP contribution in [0.25, 0.3) is 0 Å². The summed E-state index contributed by atoms with van der Waals surface area (Å²) in [6.45, 7) is 1.76. The predicted octanol–water partition coefficient (Wildman–Crippen LogP) is 4.85. The van der Waals surface area contributed by atoms with Gasteiger partial charge in [0.25, 0.3) is 0 Å². The van der Waals surface area contributed by atoms with Gasteiger partial charge < -0.3 is 0 Å². The van der Waals surface area contributed by atoms with Crippen LogP contribution in [0.5, 0.6) is 0 Å². The van der Waals surface area contributed by atoms with Gasteiger partial charge in [0.15, 0.2) is 0 Å². The van der Waals surface area contributed by atoms with Crippen LogP contribution in [0.4, 0.5) is 26.3 Å². The minimum atomic E-state index is -3.32. The smallest absolute Gasteiger partial charge is 0.103 e. The molecule has 0 amide bonds. The molecule has 0 nitrogen and oxygen atoms in total. The van der Waals surface area contributed by atoms with Gasteiger partial charge in [-0.25, -0.2) is 26.3 Å². The molecule has 172 valence electrons. The normalized spacial score (nSPS) is 11.2. The third-order valence-corrected chi connectivity index (χ3v) is 5.47. The first-order valence-corrected chi connectivity index (χ1v) is 12.0. The number of hydrogen-bond donors (Lipinski definition) is 0. The molecular formula is C24H25BF6S. The highest BCUT2D eigenvalue weighted by Crippen LogP contribution is 2.24. The van der Waals surface area contributed by atoms with Crippen LogP contribution >= 0.6 is 0 Å². The van der Waals surface area contributed by atoms with Gasteiger partial charge in [0.1, 0.15) is 6.15 Å². The first kappa shape index (κ1) is 25.9. The quantitative estimate of drug-likeness (QED) is 0.209. The summed E-state index contributed by atoms with van der Waals surface area (Å²) < 4.78 is 89.7. The zero-order valence-corrected chi connectivity index (χ0v) is 19.0. The van der Waals surface area contributed by atoms with Crippen LogP contribution in [0.15, 0.2) is 54.6 Å². The Morgan fingerprint density at radius 3 is 1.06 bits per heavy atom. The van der Waals surface area contributed by atoms with E-state index in [9.17, 15) is 26.3 Å². The van der Waals surface area contributed by atoms with E-state index in [0.717, 1.165) is 54.6 Å². The lowest BCUT2D eigenvalue weighted by atomic mass is 9.13. The lowest BCUT2D eigenvalue weighted by Gasteiger charge is -2.43. The van der Waals surface area contributed by atoms with E-state index in [1.807, 2.05) is 0 Å². The van der Waals surface area contributed by atoms with Crippen LogP contribution in [-0.4, -0.2) is 18.7 Å². The molecule has 0 unspecified atom stereocenters. The number of benzene rings is 3. The van der Waals surface area contributed by atoms with E-state index in [0.29, 0.717) is 6.42 Å². The second kappa shape index (κ2) is 11.5. The van der Waals surface area contributed by atoms with Crippen molar-refractivity contribution in [3.63, 3.8) is 0 Å². The summed E-state index contributed by atoms with van der Waals surface area (Å²) in [7, 11) is 0. The Morgan fingerprint density at radius 1 is 0.594 bits per heavy atom. The standard InChI is InChI=1S/C22H18BF6.C2H6S/c1-2-3-13-23(20-14(24)7-4-8-15(20)25,21-16(26)9-5-10-17(21)27)22-18(28)11-6-12-19(22)29;1-3-2/h4-12H,2-3,13H2,1H3;1-2H3/q-1;/p+1. The molecule has 0 aromatic heterocycles. The van der Waals surface area contributed by atoms with E-state index in [-0.39, 0.29) is 12.7 Å². The zero-order valence-electron chi connectivity index (χ0n) is 18.1. The van der Waals surface area contributed by atoms with Gasteiger partial charge in [-0.15, -0.1) is 16.4 Å². The van der Waals surface area contributed by atoms with Crippen LogP contribution in [-0.2, 0) is 11.8 Å². The van der Waals surface area contributed by atoms with Crippen LogP contribution in [0, 0.1) is 34.9 Å². The summed E-state index contributed by atoms with van der Waals surface area (Å²) in [5.41, 5.74) is -2.18. The largest absolute Gasteiger partial charge is 0.210 e. The van der Waals surface area contributed by atoms with E-state index >= 15 is 0 Å². The van der Waals surface area contributed by atoms with Gasteiger partial charge in [0, 0.05) is 0 Å². The van der Waals surface area contributed by atoms with Gasteiger partial charge in [0.05, 0.1) is 47.4 Å². The SMILES string of the molecule is CCCC[B-](c1c(F)cccc1F)(c1c(F)cccc1F)c1c(F)cccc1F.C[SH+]C. The third-order valence-electron chi connectivity index (χ3n) is 5.47. The van der Waals surface area contributed by atoms with Crippen molar-refractivity contribution < 1.29 is 26.3 Å². The molecule has 3 aromatic carbocycles. The van der Waals surface area contributed by atoms with Gasteiger partial charge >= 0.3 is 0 Å². The number of thiol groups is 1. The summed E-state index contributed by atoms with van der Waals surface area (Å²) in [5.74, 6) is -6.71. The molecule has 0 aliphatic carbocycles. The monoisotopic (exact) mass is 470 g/mol. The maximum Gasteiger partial charge on any atom is 0.103 e. The van der Waals surface area contributed by atoms with Gasteiger partial charge in [-0.2, -0.15) is 6.32 Å². The Bertz CT molecular complexity index is 871. The molecule has 0 fully saturated rings. The second-order valence-electron chi connectivity index (χ2n) is 7.54. The Hall–Kier alpha value is -2.35. The summed E-state index contributed by atoms with van der Waals surface area (Å²) in [5, 5.41) is 0. The van der Waals surface area contributed by atoms with Crippen molar-refractivity contribution in [3.05, 3.63) is 89.5 Å². The van der Waals surface area contributed by atoms with E-state index in [2.05, 4.69) is 12.5 Å². The van der Waals surface area contributed by atoms with Crippen molar-refractivity contribution in [1.29, 1.82) is 0 Å². The van der Waals surface area contributed by atoms with E-state index in [4.69, 9.17) is 0 Å². The Kier molecular flexibility index (Phi) is 9.31. The molecule has 3 aromatic rings. The first-order valence-electron chi connectivity index (χ1n) is 10.2. The fraction of sp³-hybridized carbons (Fsp3) is 0.250. The Balaban J connectivity index is 0.00000114. The molecule has 0 N–H and O–H groups in total. The Labute approximate surface area is 189 Å². The highest BCUT2D eigenvalue weighted by molar-refractivity contribution is 7.76. The van der Waals surface area contributed by atoms with Crippen LogP contribution in [0.3, 0.4) is 0 Å². The molecular weight excluding hydrogens is 445 g/mol. The molecule has 0 atom stereocenters. The average Bonchev–Trinajstić information content (AvgIpc) is 2.72. The highest BCUT2D eigenvalue weighted by Gasteiger charge is 2.41. The van der Waals surface area contributed by atoms with Gasteiger partial charge in [-0.3, -0.25) is 0 Å². The van der Waals surface area contributed by atoms with E-state index in [1.165, 1.54) is 11.8 Å². The fourth-order valence-electron chi connectivity index (χ4n) is 4.32. The maximum absolute atomic E-state index is 15.0. The number of rotatable bonds is 6. The molecule has 3 rings (SSSR count). The molecule has 0 radical (unpaired) electrons. The van der Waals surface area contributed by atoms with Gasteiger partial charge in [-0.1, -0.05) is 38.0 Å². The fourth-order valence-corrected chi connectivity index (χ4v) is 4.32. The van der Waals surface area contributed by atoms with Crippen molar-refractivity contribution in [2.75, 3.05) is 12.5 Å². The summed E-state index contributed by atoms with van der Waals surface area (Å²) >= 11 is 1.42. The lowest BCUT2D eigenvalue weighted by molar-refractivity contribution is 0.585. The van der Waals surface area contributed by atoms with Crippen LogP contribution in [0.1, 0.15) is 19.8 Å². The minimum absolute atomic E-state index is 0.231. The number of hydrogen-bond acceptors (Lipinski definition) is 0. The third kappa shape index (κ3) is 5.01. The summed E-state index contributed by atoms with van der Waals surface area (Å²) in [6, 6.07) is 8.75. The van der Waals surface area contributed by atoms with Crippen molar-refractivity contribution in [3.8, 4) is 0 Å². The number of halogens is 6. The topological polar surface area (TPSA) is 0 Å². The highest BCUT2D eigenvalue weighted by atomic mass is 32.2. The van der Waals surface area contributed by atoms with Crippen LogP contribution < -0.4 is 16.4 Å². The molecule has 0 saturated carbocycles. The average molecular weight is 470 g/mol. The summed E-state index contributed by atoms with van der Waals surface area (Å²) in [6.07, 6.45) is 1.34. The molecule has 0 bridgehead atoms. The van der Waals surface area contributed by atoms with Gasteiger partial charge in [0.2, 0.25) is 0 Å². The van der Waals surface area contributed by atoms with Crippen molar-refractivity contribution in [2.24, 2.45) is 0 Å². The van der Waals surface area contributed by atoms with Crippen molar-refractivity contribution >= 4 is 34.3 Å². The predicted molar refractivity (Wildman–Crippen MR) is 124 cm³/mol. The van der Waals surface area contributed by atoms with Crippen molar-refractivity contribution in [1.82, 2.24) is 0 Å². The van der Waals surface area contributed by atoms with E-state index < -0.39 is 57.4 Å². The van der Waals surface area contributed by atoms with E-state index in [1.54, 1.807) is 6.92 Å². The molecule has 0 spiro atoms. The molecule has 0 aliphatic rings. The number of unbranched alkanes of at least 4 members (excludes halogenated alkanes) is 1. The maximum atomic E-state index is 15.0. The summed E-state index contributed by atoms with van der Waals surface area (Å²) in [4.78, 5) is 0. The minimum Gasteiger partial charge on any atom is -0.210 e. The zero-order chi connectivity index (χ0) is 23.9. The molecule has 0 aliphatic heterocycles. The van der Waals surface area contributed by atoms with Gasteiger partial charge in [-0.05, 0) is 48.2 Å².